The van der Waals surface area contributed by atoms with Crippen molar-refractivity contribution in [1.82, 2.24) is 24.5 Å². The SMILES string of the molecule is CCCn1nc(-c2n[nH]c(=S)n2C(C)CC)ccc1=O. The zero-order chi connectivity index (χ0) is 14.7. The minimum atomic E-state index is -0.0974. The average molecular weight is 293 g/mol. The molecule has 2 aromatic rings. The van der Waals surface area contributed by atoms with Gasteiger partial charge in [0.25, 0.3) is 5.56 Å². The van der Waals surface area contributed by atoms with E-state index in [1.54, 1.807) is 6.07 Å². The van der Waals surface area contributed by atoms with Gasteiger partial charge < -0.3 is 0 Å². The highest BCUT2D eigenvalue weighted by atomic mass is 32.1. The van der Waals surface area contributed by atoms with Crippen molar-refractivity contribution in [3.63, 3.8) is 0 Å². The van der Waals surface area contributed by atoms with Gasteiger partial charge in [0.2, 0.25) is 0 Å². The second kappa shape index (κ2) is 6.13. The third-order valence-corrected chi connectivity index (χ3v) is 3.56. The fraction of sp³-hybridized carbons (Fsp3) is 0.538. The van der Waals surface area contributed by atoms with Crippen molar-refractivity contribution in [2.45, 2.75) is 46.2 Å². The third-order valence-electron chi connectivity index (χ3n) is 3.27. The lowest BCUT2D eigenvalue weighted by Gasteiger charge is -2.13. The molecule has 1 unspecified atom stereocenters. The van der Waals surface area contributed by atoms with Crippen molar-refractivity contribution < 1.29 is 0 Å². The molecule has 2 heterocycles. The largest absolute Gasteiger partial charge is 0.296 e. The van der Waals surface area contributed by atoms with Crippen molar-refractivity contribution in [3.05, 3.63) is 27.3 Å². The molecule has 0 spiro atoms. The van der Waals surface area contributed by atoms with Gasteiger partial charge in [-0.15, -0.1) is 0 Å². The smallest absolute Gasteiger partial charge is 0.266 e. The van der Waals surface area contributed by atoms with Gasteiger partial charge in [0.1, 0.15) is 5.69 Å². The van der Waals surface area contributed by atoms with Crippen LogP contribution >= 0.6 is 12.2 Å². The maximum Gasteiger partial charge on any atom is 0.266 e. The van der Waals surface area contributed by atoms with Crippen molar-refractivity contribution in [2.24, 2.45) is 0 Å². The van der Waals surface area contributed by atoms with Crippen LogP contribution in [0.4, 0.5) is 0 Å². The number of nitrogens with zero attached hydrogens (tertiary/aromatic N) is 4. The van der Waals surface area contributed by atoms with E-state index in [4.69, 9.17) is 12.2 Å². The van der Waals surface area contributed by atoms with Crippen molar-refractivity contribution >= 4 is 12.2 Å². The maximum atomic E-state index is 11.7. The molecule has 0 aliphatic carbocycles. The predicted octanol–water partition coefficient (Wildman–Crippen LogP) is 2.55. The molecule has 0 bridgehead atoms. The van der Waals surface area contributed by atoms with E-state index in [1.165, 1.54) is 10.7 Å². The molecule has 0 fully saturated rings. The van der Waals surface area contributed by atoms with Crippen LogP contribution in [0.15, 0.2) is 16.9 Å². The Morgan fingerprint density at radius 3 is 2.80 bits per heavy atom. The normalized spacial score (nSPS) is 12.6. The summed E-state index contributed by atoms with van der Waals surface area (Å²) in [4.78, 5) is 11.7. The summed E-state index contributed by atoms with van der Waals surface area (Å²) in [5.41, 5.74) is 0.561. The Bertz CT molecular complexity index is 699. The van der Waals surface area contributed by atoms with E-state index in [-0.39, 0.29) is 11.6 Å². The predicted molar refractivity (Wildman–Crippen MR) is 80.2 cm³/mol. The summed E-state index contributed by atoms with van der Waals surface area (Å²) in [6.45, 7) is 6.78. The first-order chi connectivity index (χ1) is 9.58. The number of aromatic amines is 1. The molecular weight excluding hydrogens is 274 g/mol. The molecule has 6 nitrogen and oxygen atoms in total. The van der Waals surface area contributed by atoms with E-state index >= 15 is 0 Å². The summed E-state index contributed by atoms with van der Waals surface area (Å²) in [6, 6.07) is 3.44. The van der Waals surface area contributed by atoms with Crippen LogP contribution < -0.4 is 5.56 Å². The average Bonchev–Trinajstić information content (AvgIpc) is 2.82. The molecule has 108 valence electrons. The molecule has 20 heavy (non-hydrogen) atoms. The molecule has 0 radical (unpaired) electrons. The van der Waals surface area contributed by atoms with Gasteiger partial charge in [-0.2, -0.15) is 10.2 Å². The Balaban J connectivity index is 2.55. The fourth-order valence-electron chi connectivity index (χ4n) is 2.02. The molecule has 1 atom stereocenters. The maximum absolute atomic E-state index is 11.7. The minimum absolute atomic E-state index is 0.0974. The molecule has 2 rings (SSSR count). The minimum Gasteiger partial charge on any atom is -0.296 e. The van der Waals surface area contributed by atoms with E-state index < -0.39 is 0 Å². The number of nitrogens with one attached hydrogen (secondary N) is 1. The highest BCUT2D eigenvalue weighted by Gasteiger charge is 2.15. The Labute approximate surface area is 122 Å². The van der Waals surface area contributed by atoms with Crippen LogP contribution in [0.1, 0.15) is 39.7 Å². The van der Waals surface area contributed by atoms with Gasteiger partial charge >= 0.3 is 0 Å². The van der Waals surface area contributed by atoms with Crippen LogP contribution in [0.5, 0.6) is 0 Å². The summed E-state index contributed by atoms with van der Waals surface area (Å²) < 4.78 is 3.98. The number of aryl methyl sites for hydroxylation is 1. The Kier molecular flexibility index (Phi) is 4.49. The van der Waals surface area contributed by atoms with Gasteiger partial charge in [-0.1, -0.05) is 13.8 Å². The quantitative estimate of drug-likeness (QED) is 0.860. The van der Waals surface area contributed by atoms with E-state index in [1.807, 2.05) is 11.5 Å². The van der Waals surface area contributed by atoms with Crippen LogP contribution in [-0.4, -0.2) is 24.5 Å². The standard InChI is InChI=1S/C13H19N5OS/c1-4-8-17-11(19)7-6-10(16-17)12-14-15-13(20)18(12)9(3)5-2/h6-7,9H,4-5,8H2,1-3H3,(H,15,20). The highest BCUT2D eigenvalue weighted by molar-refractivity contribution is 7.71. The Morgan fingerprint density at radius 1 is 1.40 bits per heavy atom. The van der Waals surface area contributed by atoms with Crippen molar-refractivity contribution in [1.29, 1.82) is 0 Å². The Morgan fingerprint density at radius 2 is 2.15 bits per heavy atom. The number of rotatable bonds is 5. The van der Waals surface area contributed by atoms with E-state index in [0.29, 0.717) is 22.8 Å². The molecule has 0 aliphatic rings. The van der Waals surface area contributed by atoms with E-state index in [0.717, 1.165) is 12.8 Å². The molecule has 7 heteroatoms. The monoisotopic (exact) mass is 293 g/mol. The lowest BCUT2D eigenvalue weighted by atomic mass is 10.2. The van der Waals surface area contributed by atoms with Crippen molar-refractivity contribution in [2.75, 3.05) is 0 Å². The summed E-state index contributed by atoms with van der Waals surface area (Å²) in [5.74, 6) is 0.675. The lowest BCUT2D eigenvalue weighted by molar-refractivity contribution is 0.523. The first kappa shape index (κ1) is 14.6. The molecule has 2 aromatic heterocycles. The number of aromatic nitrogens is 5. The van der Waals surface area contributed by atoms with Gasteiger partial charge in [0.15, 0.2) is 10.6 Å². The van der Waals surface area contributed by atoms with Gasteiger partial charge in [-0.3, -0.25) is 14.5 Å². The summed E-state index contributed by atoms with van der Waals surface area (Å²) in [5, 5.41) is 11.4. The topological polar surface area (TPSA) is 68.5 Å². The van der Waals surface area contributed by atoms with Gasteiger partial charge in [-0.25, -0.2) is 4.68 Å². The summed E-state index contributed by atoms with van der Waals surface area (Å²) in [7, 11) is 0. The molecule has 0 amide bonds. The van der Waals surface area contributed by atoms with E-state index in [2.05, 4.69) is 29.1 Å². The fourth-order valence-corrected chi connectivity index (χ4v) is 2.33. The molecule has 0 saturated heterocycles. The number of H-pyrrole nitrogens is 1. The van der Waals surface area contributed by atoms with Gasteiger partial charge in [0, 0.05) is 18.7 Å². The first-order valence-electron chi connectivity index (χ1n) is 6.83. The molecule has 0 aromatic carbocycles. The van der Waals surface area contributed by atoms with Gasteiger partial charge in [0.05, 0.1) is 0 Å². The third kappa shape index (κ3) is 2.72. The molecule has 0 aliphatic heterocycles. The summed E-state index contributed by atoms with van der Waals surface area (Å²) >= 11 is 5.27. The van der Waals surface area contributed by atoms with Crippen LogP contribution in [0, 0.1) is 4.77 Å². The molecule has 0 saturated carbocycles. The molecular formula is C13H19N5OS. The second-order valence-electron chi connectivity index (χ2n) is 4.76. The summed E-state index contributed by atoms with van der Waals surface area (Å²) in [6.07, 6.45) is 1.80. The zero-order valence-electron chi connectivity index (χ0n) is 12.0. The van der Waals surface area contributed by atoms with Crippen LogP contribution in [0.3, 0.4) is 0 Å². The van der Waals surface area contributed by atoms with Crippen LogP contribution in [0.25, 0.3) is 11.5 Å². The Hall–Kier alpha value is -1.76. The second-order valence-corrected chi connectivity index (χ2v) is 5.15. The van der Waals surface area contributed by atoms with Crippen LogP contribution in [-0.2, 0) is 6.54 Å². The molecule has 1 N–H and O–H groups in total. The van der Waals surface area contributed by atoms with E-state index in [9.17, 15) is 4.79 Å². The van der Waals surface area contributed by atoms with Crippen molar-refractivity contribution in [3.8, 4) is 11.5 Å². The number of hydrogen-bond acceptors (Lipinski definition) is 4. The number of hydrogen-bond donors (Lipinski definition) is 1. The lowest BCUT2D eigenvalue weighted by Crippen LogP contribution is -2.22. The van der Waals surface area contributed by atoms with Gasteiger partial charge in [-0.05, 0) is 38.0 Å². The van der Waals surface area contributed by atoms with Crippen LogP contribution in [0.2, 0.25) is 0 Å². The first-order valence-corrected chi connectivity index (χ1v) is 7.24. The zero-order valence-corrected chi connectivity index (χ0v) is 12.8. The highest BCUT2D eigenvalue weighted by Crippen LogP contribution is 2.20.